The van der Waals surface area contributed by atoms with Crippen molar-refractivity contribution in [2.24, 2.45) is 0 Å². The normalized spacial score (nSPS) is 17.0. The minimum absolute atomic E-state index is 0.550. The number of hydrogen-bond acceptors (Lipinski definition) is 7. The largest absolute Gasteiger partial charge is 0.383 e. The molecule has 1 fully saturated rings. The van der Waals surface area contributed by atoms with Crippen LogP contribution < -0.4 is 0 Å². The van der Waals surface area contributed by atoms with Gasteiger partial charge in [-0.2, -0.15) is 4.98 Å². The molecule has 1 saturated heterocycles. The third kappa shape index (κ3) is 3.88. The van der Waals surface area contributed by atoms with Gasteiger partial charge in [0.1, 0.15) is 5.69 Å². The van der Waals surface area contributed by atoms with E-state index >= 15 is 0 Å². The summed E-state index contributed by atoms with van der Waals surface area (Å²) in [6.07, 6.45) is 1.73. The fourth-order valence-corrected chi connectivity index (χ4v) is 2.50. The van der Waals surface area contributed by atoms with Crippen molar-refractivity contribution in [2.45, 2.75) is 6.54 Å². The van der Waals surface area contributed by atoms with Crippen molar-refractivity contribution in [3.63, 3.8) is 0 Å². The minimum atomic E-state index is 0.550. The van der Waals surface area contributed by atoms with Crippen molar-refractivity contribution < 1.29 is 9.26 Å². The molecule has 0 bridgehead atoms. The molecule has 0 radical (unpaired) electrons. The number of rotatable bonds is 6. The first-order valence-corrected chi connectivity index (χ1v) is 7.53. The van der Waals surface area contributed by atoms with Gasteiger partial charge in [-0.25, -0.2) is 0 Å². The second kappa shape index (κ2) is 7.44. The highest BCUT2D eigenvalue weighted by atomic mass is 16.5. The number of hydrogen-bond donors (Lipinski definition) is 0. The summed E-state index contributed by atoms with van der Waals surface area (Å²) in [7, 11) is 1.74. The summed E-state index contributed by atoms with van der Waals surface area (Å²) < 4.78 is 10.5. The van der Waals surface area contributed by atoms with Gasteiger partial charge in [0.2, 0.25) is 11.7 Å². The van der Waals surface area contributed by atoms with Crippen LogP contribution in [0.2, 0.25) is 0 Å². The van der Waals surface area contributed by atoms with Gasteiger partial charge in [-0.15, -0.1) is 0 Å². The Morgan fingerprint density at radius 2 is 2.00 bits per heavy atom. The molecule has 3 heterocycles. The Morgan fingerprint density at radius 3 is 2.73 bits per heavy atom. The summed E-state index contributed by atoms with van der Waals surface area (Å²) in [5, 5.41) is 4.01. The van der Waals surface area contributed by atoms with Crippen LogP contribution in [0.15, 0.2) is 28.9 Å². The zero-order valence-corrected chi connectivity index (χ0v) is 12.8. The fraction of sp³-hybridized carbons (Fsp3) is 0.533. The molecule has 7 heteroatoms. The van der Waals surface area contributed by atoms with Crippen molar-refractivity contribution in [1.29, 1.82) is 0 Å². The molecule has 0 aliphatic carbocycles. The summed E-state index contributed by atoms with van der Waals surface area (Å²) in [4.78, 5) is 13.4. The van der Waals surface area contributed by atoms with E-state index in [9.17, 15) is 0 Å². The Labute approximate surface area is 129 Å². The molecule has 2 aromatic rings. The van der Waals surface area contributed by atoms with Crippen LogP contribution in [0.1, 0.15) is 5.89 Å². The lowest BCUT2D eigenvalue weighted by atomic mass is 10.3. The standard InChI is InChI=1S/C15H21N5O2/c1-21-11-10-19-6-8-20(9-7-19)12-14-17-15(18-22-14)13-4-2-3-5-16-13/h2-5H,6-12H2,1H3. The molecule has 0 unspecified atom stereocenters. The van der Waals surface area contributed by atoms with Gasteiger partial charge in [0.25, 0.3) is 0 Å². The number of aromatic nitrogens is 3. The average Bonchev–Trinajstić information content (AvgIpc) is 3.04. The number of methoxy groups -OCH3 is 1. The molecule has 7 nitrogen and oxygen atoms in total. The Hall–Kier alpha value is -1.83. The lowest BCUT2D eigenvalue weighted by Gasteiger charge is -2.33. The van der Waals surface area contributed by atoms with Crippen LogP contribution >= 0.6 is 0 Å². The quantitative estimate of drug-likeness (QED) is 0.785. The van der Waals surface area contributed by atoms with Crippen molar-refractivity contribution in [3.8, 4) is 11.5 Å². The number of piperazine rings is 1. The van der Waals surface area contributed by atoms with E-state index in [4.69, 9.17) is 9.26 Å². The maximum Gasteiger partial charge on any atom is 0.241 e. The first-order valence-electron chi connectivity index (χ1n) is 7.53. The molecule has 1 aliphatic heterocycles. The van der Waals surface area contributed by atoms with Gasteiger partial charge >= 0.3 is 0 Å². The number of nitrogens with zero attached hydrogens (tertiary/aromatic N) is 5. The Bertz CT molecular complexity index is 566. The molecule has 0 saturated carbocycles. The third-order valence-electron chi connectivity index (χ3n) is 3.80. The van der Waals surface area contributed by atoms with E-state index in [1.54, 1.807) is 13.3 Å². The Balaban J connectivity index is 1.51. The molecule has 2 aromatic heterocycles. The molecule has 0 atom stereocenters. The van der Waals surface area contributed by atoms with Gasteiger partial charge in [-0.1, -0.05) is 11.2 Å². The van der Waals surface area contributed by atoms with E-state index in [0.29, 0.717) is 18.3 Å². The summed E-state index contributed by atoms with van der Waals surface area (Å²) >= 11 is 0. The Morgan fingerprint density at radius 1 is 1.18 bits per heavy atom. The highest BCUT2D eigenvalue weighted by molar-refractivity contribution is 5.46. The molecule has 0 aromatic carbocycles. The molecule has 0 N–H and O–H groups in total. The molecular weight excluding hydrogens is 282 g/mol. The highest BCUT2D eigenvalue weighted by Gasteiger charge is 2.19. The molecular formula is C15H21N5O2. The lowest BCUT2D eigenvalue weighted by molar-refractivity contribution is 0.0883. The van der Waals surface area contributed by atoms with Gasteiger partial charge in [0.05, 0.1) is 13.2 Å². The van der Waals surface area contributed by atoms with Gasteiger partial charge in [0, 0.05) is 46.0 Å². The predicted octanol–water partition coefficient (Wildman–Crippen LogP) is 0.896. The maximum atomic E-state index is 5.34. The van der Waals surface area contributed by atoms with E-state index < -0.39 is 0 Å². The van der Waals surface area contributed by atoms with Crippen LogP contribution in [0.3, 0.4) is 0 Å². The van der Waals surface area contributed by atoms with Crippen molar-refractivity contribution in [1.82, 2.24) is 24.9 Å². The van der Waals surface area contributed by atoms with Crippen LogP contribution in [0.25, 0.3) is 11.5 Å². The summed E-state index contributed by atoms with van der Waals surface area (Å²) in [6, 6.07) is 5.66. The van der Waals surface area contributed by atoms with Gasteiger partial charge in [-0.3, -0.25) is 14.8 Å². The van der Waals surface area contributed by atoms with E-state index in [1.807, 2.05) is 18.2 Å². The topological polar surface area (TPSA) is 67.5 Å². The predicted molar refractivity (Wildman–Crippen MR) is 81.1 cm³/mol. The number of ether oxygens (including phenoxy) is 1. The average molecular weight is 303 g/mol. The SMILES string of the molecule is COCCN1CCN(Cc2nc(-c3ccccn3)no2)CC1. The minimum Gasteiger partial charge on any atom is -0.383 e. The Kier molecular flexibility index (Phi) is 5.10. The second-order valence-corrected chi connectivity index (χ2v) is 5.34. The zero-order chi connectivity index (χ0) is 15.2. The van der Waals surface area contributed by atoms with Gasteiger partial charge < -0.3 is 9.26 Å². The summed E-state index contributed by atoms with van der Waals surface area (Å²) in [5.74, 6) is 1.19. The van der Waals surface area contributed by atoms with Crippen LogP contribution in [0, 0.1) is 0 Å². The maximum absolute atomic E-state index is 5.34. The molecule has 1 aliphatic rings. The number of pyridine rings is 1. The van der Waals surface area contributed by atoms with Crippen molar-refractivity contribution in [3.05, 3.63) is 30.3 Å². The lowest BCUT2D eigenvalue weighted by Crippen LogP contribution is -2.46. The monoisotopic (exact) mass is 303 g/mol. The van der Waals surface area contributed by atoms with E-state index in [2.05, 4.69) is 24.9 Å². The molecule has 0 spiro atoms. The van der Waals surface area contributed by atoms with Crippen LogP contribution in [0.5, 0.6) is 0 Å². The van der Waals surface area contributed by atoms with Crippen LogP contribution in [-0.2, 0) is 11.3 Å². The van der Waals surface area contributed by atoms with E-state index in [-0.39, 0.29) is 0 Å². The third-order valence-corrected chi connectivity index (χ3v) is 3.80. The molecule has 0 amide bonds. The first kappa shape index (κ1) is 15.1. The summed E-state index contributed by atoms with van der Waals surface area (Å²) in [6.45, 7) is 6.58. The molecule has 3 rings (SSSR count). The highest BCUT2D eigenvalue weighted by Crippen LogP contribution is 2.13. The zero-order valence-electron chi connectivity index (χ0n) is 12.8. The second-order valence-electron chi connectivity index (χ2n) is 5.34. The fourth-order valence-electron chi connectivity index (χ4n) is 2.50. The molecule has 118 valence electrons. The van der Waals surface area contributed by atoms with E-state index in [0.717, 1.165) is 45.0 Å². The van der Waals surface area contributed by atoms with Gasteiger partial charge in [0.15, 0.2) is 0 Å². The van der Waals surface area contributed by atoms with Crippen molar-refractivity contribution >= 4 is 0 Å². The smallest absolute Gasteiger partial charge is 0.241 e. The molecule has 22 heavy (non-hydrogen) atoms. The van der Waals surface area contributed by atoms with Crippen molar-refractivity contribution in [2.75, 3.05) is 46.4 Å². The van der Waals surface area contributed by atoms with Gasteiger partial charge in [-0.05, 0) is 12.1 Å². The van der Waals surface area contributed by atoms with Crippen LogP contribution in [0.4, 0.5) is 0 Å². The van der Waals surface area contributed by atoms with E-state index in [1.165, 1.54) is 0 Å². The van der Waals surface area contributed by atoms with Crippen LogP contribution in [-0.4, -0.2) is 71.4 Å². The summed E-state index contributed by atoms with van der Waals surface area (Å²) in [5.41, 5.74) is 0.738. The first-order chi connectivity index (χ1) is 10.8.